The summed E-state index contributed by atoms with van der Waals surface area (Å²) in [7, 11) is 0. The molecule has 0 bridgehead atoms. The number of benzene rings is 3. The topological polar surface area (TPSA) is 26.3 Å². The maximum Gasteiger partial charge on any atom is 0.134 e. The summed E-state index contributed by atoms with van der Waals surface area (Å²) in [4.78, 5) is 0. The summed E-state index contributed by atoms with van der Waals surface area (Å²) in [6.45, 7) is 4.27. The van der Waals surface area contributed by atoms with Crippen molar-refractivity contribution in [3.63, 3.8) is 0 Å². The monoisotopic (exact) mass is 352 g/mol. The first kappa shape index (κ1) is 16.0. The summed E-state index contributed by atoms with van der Waals surface area (Å²) in [5.41, 5.74) is 5.33. The molecule has 0 spiro atoms. The van der Waals surface area contributed by atoms with Gasteiger partial charge in [-0.2, -0.15) is 0 Å². The van der Waals surface area contributed by atoms with Crippen LogP contribution < -0.4 is 0 Å². The molecule has 2 aromatic heterocycles. The molecule has 2 heterocycles. The van der Waals surface area contributed by atoms with E-state index in [1.165, 1.54) is 16.7 Å². The SMILES string of the molecule is Cc1c(C(c2ccccc2)c2oc3ccccc3c2C)oc2ccccc12. The van der Waals surface area contributed by atoms with Crippen molar-refractivity contribution in [1.29, 1.82) is 0 Å². The molecule has 0 fully saturated rings. The van der Waals surface area contributed by atoms with Crippen LogP contribution in [0.5, 0.6) is 0 Å². The van der Waals surface area contributed by atoms with Crippen molar-refractivity contribution in [1.82, 2.24) is 0 Å². The number of hydrogen-bond donors (Lipinski definition) is 0. The minimum atomic E-state index is -0.0778. The first-order chi connectivity index (χ1) is 13.2. The van der Waals surface area contributed by atoms with E-state index in [1.807, 2.05) is 30.3 Å². The van der Waals surface area contributed by atoms with Crippen LogP contribution >= 0.6 is 0 Å². The summed E-state index contributed by atoms with van der Waals surface area (Å²) < 4.78 is 12.7. The van der Waals surface area contributed by atoms with Crippen molar-refractivity contribution in [2.75, 3.05) is 0 Å². The summed E-state index contributed by atoms with van der Waals surface area (Å²) >= 11 is 0. The predicted molar refractivity (Wildman–Crippen MR) is 109 cm³/mol. The lowest BCUT2D eigenvalue weighted by molar-refractivity contribution is 0.478. The van der Waals surface area contributed by atoms with Crippen LogP contribution in [0.25, 0.3) is 21.9 Å². The van der Waals surface area contributed by atoms with Gasteiger partial charge in [0.05, 0.1) is 0 Å². The van der Waals surface area contributed by atoms with E-state index in [0.29, 0.717) is 0 Å². The molecule has 0 aliphatic rings. The molecule has 3 aromatic carbocycles. The summed E-state index contributed by atoms with van der Waals surface area (Å²) in [6, 6.07) is 26.9. The molecule has 132 valence electrons. The summed E-state index contributed by atoms with van der Waals surface area (Å²) in [5, 5.41) is 2.31. The standard InChI is InChI=1S/C25H20O2/c1-16-19-12-6-8-14-21(19)26-24(16)23(18-10-4-3-5-11-18)25-17(2)20-13-7-9-15-22(20)27-25/h3-15,23H,1-2H3. The van der Waals surface area contributed by atoms with Crippen LogP contribution in [0.15, 0.2) is 87.7 Å². The first-order valence-electron chi connectivity index (χ1n) is 9.25. The van der Waals surface area contributed by atoms with Gasteiger partial charge in [-0.05, 0) is 42.7 Å². The van der Waals surface area contributed by atoms with Crippen LogP contribution in [0.2, 0.25) is 0 Å². The van der Waals surface area contributed by atoms with Gasteiger partial charge in [0.2, 0.25) is 0 Å². The second-order valence-electron chi connectivity index (χ2n) is 7.02. The van der Waals surface area contributed by atoms with E-state index in [1.54, 1.807) is 0 Å². The third-order valence-corrected chi connectivity index (χ3v) is 5.42. The van der Waals surface area contributed by atoms with Gasteiger partial charge in [0.1, 0.15) is 28.6 Å². The lowest BCUT2D eigenvalue weighted by atomic mass is 9.89. The average Bonchev–Trinajstić information content (AvgIpc) is 3.22. The van der Waals surface area contributed by atoms with Gasteiger partial charge in [-0.1, -0.05) is 66.7 Å². The number of furan rings is 2. The Bertz CT molecular complexity index is 1160. The fourth-order valence-corrected chi connectivity index (χ4v) is 4.00. The van der Waals surface area contributed by atoms with Crippen LogP contribution in [-0.4, -0.2) is 0 Å². The number of rotatable bonds is 3. The maximum absolute atomic E-state index is 6.36. The van der Waals surface area contributed by atoms with Crippen molar-refractivity contribution >= 4 is 21.9 Å². The molecular weight excluding hydrogens is 332 g/mol. The third kappa shape index (κ3) is 2.48. The van der Waals surface area contributed by atoms with E-state index in [2.05, 4.69) is 62.4 Å². The van der Waals surface area contributed by atoms with Gasteiger partial charge in [0.25, 0.3) is 0 Å². The molecule has 0 aliphatic heterocycles. The fraction of sp³-hybridized carbons (Fsp3) is 0.120. The molecule has 2 heteroatoms. The largest absolute Gasteiger partial charge is 0.460 e. The summed E-state index contributed by atoms with van der Waals surface area (Å²) in [6.07, 6.45) is 0. The van der Waals surface area contributed by atoms with Crippen LogP contribution in [0.4, 0.5) is 0 Å². The highest BCUT2D eigenvalue weighted by Crippen LogP contribution is 2.42. The Morgan fingerprint density at radius 3 is 1.48 bits per heavy atom. The van der Waals surface area contributed by atoms with Crippen LogP contribution in [-0.2, 0) is 0 Å². The van der Waals surface area contributed by atoms with Crippen molar-refractivity contribution in [3.8, 4) is 0 Å². The lowest BCUT2D eigenvalue weighted by Crippen LogP contribution is -2.04. The zero-order valence-electron chi connectivity index (χ0n) is 15.4. The number of fused-ring (bicyclic) bond motifs is 2. The quantitative estimate of drug-likeness (QED) is 0.350. The second kappa shape index (κ2) is 6.17. The van der Waals surface area contributed by atoms with Crippen molar-refractivity contribution in [2.24, 2.45) is 0 Å². The molecular formula is C25H20O2. The molecule has 0 amide bonds. The number of para-hydroxylation sites is 2. The Labute approximate surface area is 158 Å². The zero-order valence-corrected chi connectivity index (χ0v) is 15.4. The number of hydrogen-bond acceptors (Lipinski definition) is 2. The van der Waals surface area contributed by atoms with Gasteiger partial charge in [0.15, 0.2) is 0 Å². The molecule has 27 heavy (non-hydrogen) atoms. The molecule has 5 rings (SSSR count). The first-order valence-corrected chi connectivity index (χ1v) is 9.25. The molecule has 0 atom stereocenters. The number of aryl methyl sites for hydroxylation is 2. The Morgan fingerprint density at radius 1 is 0.556 bits per heavy atom. The predicted octanol–water partition coefficient (Wildman–Crippen LogP) is 6.98. The maximum atomic E-state index is 6.36. The Balaban J connectivity index is 1.81. The van der Waals surface area contributed by atoms with Gasteiger partial charge in [-0.25, -0.2) is 0 Å². The minimum absolute atomic E-state index is 0.0778. The normalized spacial score (nSPS) is 11.7. The molecule has 5 aromatic rings. The van der Waals surface area contributed by atoms with Crippen molar-refractivity contribution in [2.45, 2.75) is 19.8 Å². The van der Waals surface area contributed by atoms with E-state index < -0.39 is 0 Å². The fourth-order valence-electron chi connectivity index (χ4n) is 4.00. The second-order valence-corrected chi connectivity index (χ2v) is 7.02. The summed E-state index contributed by atoms with van der Waals surface area (Å²) in [5.74, 6) is 1.82. The highest BCUT2D eigenvalue weighted by Gasteiger charge is 2.29. The van der Waals surface area contributed by atoms with Gasteiger partial charge >= 0.3 is 0 Å². The third-order valence-electron chi connectivity index (χ3n) is 5.42. The van der Waals surface area contributed by atoms with Crippen molar-refractivity contribution < 1.29 is 8.83 Å². The molecule has 0 unspecified atom stereocenters. The Kier molecular flexibility index (Phi) is 3.64. The van der Waals surface area contributed by atoms with E-state index in [4.69, 9.17) is 8.83 Å². The van der Waals surface area contributed by atoms with Gasteiger partial charge < -0.3 is 8.83 Å². The van der Waals surface area contributed by atoms with E-state index in [0.717, 1.165) is 33.5 Å². The van der Waals surface area contributed by atoms with Crippen LogP contribution in [0.3, 0.4) is 0 Å². The molecule has 0 radical (unpaired) electrons. The highest BCUT2D eigenvalue weighted by molar-refractivity contribution is 5.84. The van der Waals surface area contributed by atoms with Crippen molar-refractivity contribution in [3.05, 3.63) is 107 Å². The Hall–Kier alpha value is -3.26. The zero-order chi connectivity index (χ0) is 18.4. The van der Waals surface area contributed by atoms with Crippen LogP contribution in [0, 0.1) is 13.8 Å². The van der Waals surface area contributed by atoms with E-state index in [9.17, 15) is 0 Å². The minimum Gasteiger partial charge on any atom is -0.460 e. The lowest BCUT2D eigenvalue weighted by Gasteiger charge is -2.15. The Morgan fingerprint density at radius 2 is 1.00 bits per heavy atom. The average molecular weight is 352 g/mol. The van der Waals surface area contributed by atoms with E-state index >= 15 is 0 Å². The van der Waals surface area contributed by atoms with Gasteiger partial charge in [-0.15, -0.1) is 0 Å². The van der Waals surface area contributed by atoms with Gasteiger partial charge in [0, 0.05) is 10.8 Å². The van der Waals surface area contributed by atoms with Gasteiger partial charge in [-0.3, -0.25) is 0 Å². The smallest absolute Gasteiger partial charge is 0.134 e. The molecule has 0 saturated carbocycles. The molecule has 2 nitrogen and oxygen atoms in total. The molecule has 0 saturated heterocycles. The molecule has 0 N–H and O–H groups in total. The highest BCUT2D eigenvalue weighted by atomic mass is 16.4. The van der Waals surface area contributed by atoms with E-state index in [-0.39, 0.29) is 5.92 Å². The van der Waals surface area contributed by atoms with Crippen LogP contribution in [0.1, 0.15) is 34.1 Å². The molecule has 0 aliphatic carbocycles.